The maximum atomic E-state index is 5.40. The minimum atomic E-state index is 0.167. The van der Waals surface area contributed by atoms with E-state index in [1.54, 1.807) is 0 Å². The first kappa shape index (κ1) is 14.8. The van der Waals surface area contributed by atoms with Gasteiger partial charge in [0, 0.05) is 12.5 Å². The summed E-state index contributed by atoms with van der Waals surface area (Å²) in [6.07, 6.45) is 7.21. The van der Waals surface area contributed by atoms with E-state index in [2.05, 4.69) is 63.2 Å². The topological polar surface area (TPSA) is 12.0 Å². The molecule has 1 atom stereocenters. The van der Waals surface area contributed by atoms with E-state index in [4.69, 9.17) is 6.42 Å². The number of hydrogen-bond donors (Lipinski definition) is 1. The zero-order valence-corrected chi connectivity index (χ0v) is 12.1. The minimum Gasteiger partial charge on any atom is -0.310 e. The summed E-state index contributed by atoms with van der Waals surface area (Å²) in [4.78, 5) is 0. The number of terminal acetylenes is 1. The van der Waals surface area contributed by atoms with Gasteiger partial charge in [0.15, 0.2) is 0 Å². The quantitative estimate of drug-likeness (QED) is 0.769. The van der Waals surface area contributed by atoms with Crippen molar-refractivity contribution in [3.05, 3.63) is 35.4 Å². The molecule has 1 unspecified atom stereocenters. The summed E-state index contributed by atoms with van der Waals surface area (Å²) in [7, 11) is 0. The minimum absolute atomic E-state index is 0.167. The van der Waals surface area contributed by atoms with Gasteiger partial charge >= 0.3 is 0 Å². The first-order chi connectivity index (χ1) is 8.50. The standard InChI is InChI=1S/C17H25N/c1-6-8-13-16(18-7-2)14-11-9-10-12-15(14)17(3,4)5/h1,9-12,16,18H,7-8,13H2,2-5H3. The fourth-order valence-corrected chi connectivity index (χ4v) is 2.33. The predicted octanol–water partition coefficient (Wildman–Crippen LogP) is 4.05. The van der Waals surface area contributed by atoms with Crippen LogP contribution in [0.1, 0.15) is 57.7 Å². The summed E-state index contributed by atoms with van der Waals surface area (Å²) in [5, 5.41) is 3.55. The zero-order chi connectivity index (χ0) is 13.6. The van der Waals surface area contributed by atoms with Gasteiger partial charge in [-0.05, 0) is 29.5 Å². The summed E-state index contributed by atoms with van der Waals surface area (Å²) in [6, 6.07) is 9.06. The van der Waals surface area contributed by atoms with Gasteiger partial charge in [0.2, 0.25) is 0 Å². The van der Waals surface area contributed by atoms with Crippen LogP contribution in [0.15, 0.2) is 24.3 Å². The smallest absolute Gasteiger partial charge is 0.0332 e. The molecule has 0 bridgehead atoms. The zero-order valence-electron chi connectivity index (χ0n) is 12.1. The highest BCUT2D eigenvalue weighted by molar-refractivity contribution is 5.35. The van der Waals surface area contributed by atoms with Crippen molar-refractivity contribution in [3.8, 4) is 12.3 Å². The van der Waals surface area contributed by atoms with Crippen molar-refractivity contribution in [3.63, 3.8) is 0 Å². The molecule has 0 amide bonds. The Balaban J connectivity index is 3.07. The number of rotatable bonds is 5. The molecule has 1 nitrogen and oxygen atoms in total. The molecule has 0 aliphatic carbocycles. The van der Waals surface area contributed by atoms with Crippen molar-refractivity contribution in [1.82, 2.24) is 5.32 Å². The van der Waals surface area contributed by atoms with Crippen molar-refractivity contribution < 1.29 is 0 Å². The molecule has 0 spiro atoms. The molecule has 0 saturated heterocycles. The number of benzene rings is 1. The van der Waals surface area contributed by atoms with Crippen LogP contribution in [-0.4, -0.2) is 6.54 Å². The third kappa shape index (κ3) is 3.89. The molecule has 0 aliphatic heterocycles. The molecule has 0 aliphatic rings. The van der Waals surface area contributed by atoms with Crippen molar-refractivity contribution in [2.24, 2.45) is 0 Å². The average molecular weight is 243 g/mol. The molecule has 0 heterocycles. The Labute approximate surface area is 112 Å². The van der Waals surface area contributed by atoms with E-state index in [0.29, 0.717) is 6.04 Å². The van der Waals surface area contributed by atoms with Gasteiger partial charge in [-0.2, -0.15) is 0 Å². The Morgan fingerprint density at radius 3 is 2.50 bits per heavy atom. The van der Waals surface area contributed by atoms with Crippen LogP contribution in [0.5, 0.6) is 0 Å². The van der Waals surface area contributed by atoms with E-state index in [1.165, 1.54) is 11.1 Å². The van der Waals surface area contributed by atoms with Gasteiger partial charge in [-0.1, -0.05) is 52.0 Å². The molecule has 1 rings (SSSR count). The molecule has 1 aromatic carbocycles. The largest absolute Gasteiger partial charge is 0.310 e. The van der Waals surface area contributed by atoms with Gasteiger partial charge in [-0.25, -0.2) is 0 Å². The Kier molecular flexibility index (Phi) is 5.44. The second kappa shape index (κ2) is 6.61. The van der Waals surface area contributed by atoms with E-state index < -0.39 is 0 Å². The molecule has 18 heavy (non-hydrogen) atoms. The van der Waals surface area contributed by atoms with Crippen LogP contribution in [0.4, 0.5) is 0 Å². The summed E-state index contributed by atoms with van der Waals surface area (Å²) >= 11 is 0. The van der Waals surface area contributed by atoms with Crippen molar-refractivity contribution in [1.29, 1.82) is 0 Å². The average Bonchev–Trinajstić information content (AvgIpc) is 2.33. The maximum absolute atomic E-state index is 5.40. The fraction of sp³-hybridized carbons (Fsp3) is 0.529. The first-order valence-corrected chi connectivity index (χ1v) is 6.77. The van der Waals surface area contributed by atoms with Gasteiger partial charge < -0.3 is 5.32 Å². The lowest BCUT2D eigenvalue weighted by Gasteiger charge is -2.27. The normalized spacial score (nSPS) is 13.1. The third-order valence-electron chi connectivity index (χ3n) is 3.17. The fourth-order valence-electron chi connectivity index (χ4n) is 2.33. The van der Waals surface area contributed by atoms with E-state index in [0.717, 1.165) is 19.4 Å². The monoisotopic (exact) mass is 243 g/mol. The van der Waals surface area contributed by atoms with Crippen LogP contribution in [-0.2, 0) is 5.41 Å². The van der Waals surface area contributed by atoms with E-state index in [1.807, 2.05) is 0 Å². The number of hydrogen-bond acceptors (Lipinski definition) is 1. The lowest BCUT2D eigenvalue weighted by molar-refractivity contribution is 0.498. The van der Waals surface area contributed by atoms with Gasteiger partial charge in [0.1, 0.15) is 0 Å². The predicted molar refractivity (Wildman–Crippen MR) is 79.6 cm³/mol. The van der Waals surface area contributed by atoms with Crippen molar-refractivity contribution >= 4 is 0 Å². The van der Waals surface area contributed by atoms with Gasteiger partial charge in [-0.3, -0.25) is 0 Å². The van der Waals surface area contributed by atoms with E-state index >= 15 is 0 Å². The maximum Gasteiger partial charge on any atom is 0.0332 e. The summed E-state index contributed by atoms with van der Waals surface area (Å²) in [5.74, 6) is 2.74. The van der Waals surface area contributed by atoms with Crippen molar-refractivity contribution in [2.45, 2.75) is 52.0 Å². The number of nitrogens with one attached hydrogen (secondary N) is 1. The van der Waals surface area contributed by atoms with Crippen LogP contribution in [0, 0.1) is 12.3 Å². The second-order valence-corrected chi connectivity index (χ2v) is 5.69. The van der Waals surface area contributed by atoms with Crippen LogP contribution in [0.2, 0.25) is 0 Å². The van der Waals surface area contributed by atoms with E-state index in [9.17, 15) is 0 Å². The van der Waals surface area contributed by atoms with Crippen LogP contribution >= 0.6 is 0 Å². The Bertz CT molecular complexity index is 406. The van der Waals surface area contributed by atoms with Crippen LogP contribution in [0.25, 0.3) is 0 Å². The SMILES string of the molecule is C#CCCC(NCC)c1ccccc1C(C)(C)C. The summed E-state index contributed by atoms with van der Waals surface area (Å²) < 4.78 is 0. The molecular formula is C17H25N. The Hall–Kier alpha value is -1.26. The molecule has 0 aromatic heterocycles. The van der Waals surface area contributed by atoms with Gasteiger partial charge in [0.05, 0.1) is 0 Å². The highest BCUT2D eigenvalue weighted by Gasteiger charge is 2.21. The lowest BCUT2D eigenvalue weighted by atomic mass is 9.81. The summed E-state index contributed by atoms with van der Waals surface area (Å²) in [5.41, 5.74) is 2.97. The lowest BCUT2D eigenvalue weighted by Crippen LogP contribution is -2.25. The molecular weight excluding hydrogens is 218 g/mol. The van der Waals surface area contributed by atoms with Crippen LogP contribution < -0.4 is 5.32 Å². The van der Waals surface area contributed by atoms with Crippen LogP contribution in [0.3, 0.4) is 0 Å². The van der Waals surface area contributed by atoms with Gasteiger partial charge in [-0.15, -0.1) is 12.3 Å². The Morgan fingerprint density at radius 1 is 1.28 bits per heavy atom. The van der Waals surface area contributed by atoms with Crippen molar-refractivity contribution in [2.75, 3.05) is 6.54 Å². The first-order valence-electron chi connectivity index (χ1n) is 6.77. The summed E-state index contributed by atoms with van der Waals surface area (Å²) in [6.45, 7) is 9.89. The molecule has 1 aromatic rings. The second-order valence-electron chi connectivity index (χ2n) is 5.69. The highest BCUT2D eigenvalue weighted by atomic mass is 14.9. The van der Waals surface area contributed by atoms with E-state index in [-0.39, 0.29) is 5.41 Å². The Morgan fingerprint density at radius 2 is 1.94 bits per heavy atom. The van der Waals surface area contributed by atoms with Gasteiger partial charge in [0.25, 0.3) is 0 Å². The molecule has 98 valence electrons. The highest BCUT2D eigenvalue weighted by Crippen LogP contribution is 2.31. The molecule has 0 fully saturated rings. The third-order valence-corrected chi connectivity index (χ3v) is 3.17. The molecule has 0 radical (unpaired) electrons. The molecule has 1 N–H and O–H groups in total. The molecule has 0 saturated carbocycles. The molecule has 1 heteroatoms.